The molecule has 0 saturated carbocycles. The lowest BCUT2D eigenvalue weighted by molar-refractivity contribution is -0.277. The molecule has 13 heteroatoms. The zero-order chi connectivity index (χ0) is 35.7. The second kappa shape index (κ2) is 14.7. The molecule has 4 aromatic rings. The van der Waals surface area contributed by atoms with Gasteiger partial charge in [-0.2, -0.15) is 0 Å². The number of likely N-dealkylation sites (tertiary alicyclic amines) is 1. The van der Waals surface area contributed by atoms with Crippen LogP contribution in [0.3, 0.4) is 0 Å². The summed E-state index contributed by atoms with van der Waals surface area (Å²) < 4.78 is 82.8. The van der Waals surface area contributed by atoms with Gasteiger partial charge in [0, 0.05) is 41.8 Å². The van der Waals surface area contributed by atoms with E-state index >= 15 is 0 Å². The van der Waals surface area contributed by atoms with Crippen LogP contribution in [0.4, 0.5) is 27.6 Å². The summed E-state index contributed by atoms with van der Waals surface area (Å²) in [7, 11) is 0. The first-order chi connectivity index (χ1) is 23.9. The van der Waals surface area contributed by atoms with E-state index < -0.39 is 58.6 Å². The minimum Gasteiger partial charge on any atom is -0.392 e. The molecule has 7 nitrogen and oxygen atoms in total. The van der Waals surface area contributed by atoms with Gasteiger partial charge in [-0.15, -0.1) is 0 Å². The number of anilines is 1. The van der Waals surface area contributed by atoms with Crippen molar-refractivity contribution in [3.05, 3.63) is 135 Å². The minimum absolute atomic E-state index is 0.000164. The van der Waals surface area contributed by atoms with Crippen molar-refractivity contribution in [3.63, 3.8) is 0 Å². The van der Waals surface area contributed by atoms with Crippen LogP contribution in [-0.4, -0.2) is 46.8 Å². The van der Waals surface area contributed by atoms with E-state index in [1.54, 1.807) is 30.3 Å². The molecule has 1 amide bonds. The van der Waals surface area contributed by atoms with Gasteiger partial charge in [-0.25, -0.2) is 22.0 Å². The predicted molar refractivity (Wildman–Crippen MR) is 175 cm³/mol. The highest BCUT2D eigenvalue weighted by molar-refractivity contribution is 6.30. The fourth-order valence-electron chi connectivity index (χ4n) is 6.50. The molecule has 2 fully saturated rings. The van der Waals surface area contributed by atoms with E-state index in [4.69, 9.17) is 21.1 Å². The monoisotopic (exact) mass is 716 g/mol. The van der Waals surface area contributed by atoms with Crippen molar-refractivity contribution in [1.82, 2.24) is 4.90 Å². The third-order valence-electron chi connectivity index (χ3n) is 9.48. The second-order valence-electron chi connectivity index (χ2n) is 12.7. The number of piperidine rings is 1. The highest BCUT2D eigenvalue weighted by Crippen LogP contribution is 2.43. The SMILES string of the molecule is C[C@@H]1[C@H](CN2CCC(O)(c3ccc(Cl)cc3)CC2)O[C@H](c2cccc(NC(=O)c3c(F)c(F)c(F)c(F)c3F)c2)O[C@@H]1c1ccc(CO)cc1. The number of nitrogens with zero attached hydrogens (tertiary/aromatic N) is 1. The van der Waals surface area contributed by atoms with Crippen molar-refractivity contribution in [2.75, 3.05) is 25.0 Å². The number of nitrogens with one attached hydrogen (secondary N) is 1. The minimum atomic E-state index is -2.36. The topological polar surface area (TPSA) is 91.3 Å². The third kappa shape index (κ3) is 7.27. The Bertz CT molecular complexity index is 1830. The molecule has 4 atom stereocenters. The summed E-state index contributed by atoms with van der Waals surface area (Å²) in [6.07, 6.45) is -0.863. The van der Waals surface area contributed by atoms with Crippen molar-refractivity contribution in [3.8, 4) is 0 Å². The number of amides is 1. The van der Waals surface area contributed by atoms with Gasteiger partial charge in [0.1, 0.15) is 5.56 Å². The average Bonchev–Trinajstić information content (AvgIpc) is 3.12. The molecular weight excluding hydrogens is 683 g/mol. The van der Waals surface area contributed by atoms with E-state index in [0.29, 0.717) is 43.1 Å². The van der Waals surface area contributed by atoms with Gasteiger partial charge in [0.2, 0.25) is 5.82 Å². The summed E-state index contributed by atoms with van der Waals surface area (Å²) in [6.45, 7) is 3.55. The number of rotatable bonds is 8. The maximum absolute atomic E-state index is 14.3. The first kappa shape index (κ1) is 35.9. The number of hydrogen-bond acceptors (Lipinski definition) is 6. The molecule has 2 aliphatic rings. The Hall–Kier alpha value is -3.91. The summed E-state index contributed by atoms with van der Waals surface area (Å²) in [4.78, 5) is 15.0. The first-order valence-electron chi connectivity index (χ1n) is 16.0. The highest BCUT2D eigenvalue weighted by atomic mass is 35.5. The van der Waals surface area contributed by atoms with Crippen LogP contribution in [0.5, 0.6) is 0 Å². The van der Waals surface area contributed by atoms with Crippen molar-refractivity contribution >= 4 is 23.2 Å². The molecule has 2 aliphatic heterocycles. The largest absolute Gasteiger partial charge is 0.392 e. The smallest absolute Gasteiger partial charge is 0.261 e. The Morgan fingerprint density at radius 2 is 1.50 bits per heavy atom. The number of aliphatic hydroxyl groups is 2. The zero-order valence-electron chi connectivity index (χ0n) is 26.8. The Morgan fingerprint density at radius 3 is 2.12 bits per heavy atom. The number of ether oxygens (including phenoxy) is 2. The number of carbonyl (C=O) groups is 1. The van der Waals surface area contributed by atoms with Gasteiger partial charge in [0.25, 0.3) is 5.91 Å². The molecule has 0 radical (unpaired) electrons. The van der Waals surface area contributed by atoms with Crippen molar-refractivity contribution in [2.24, 2.45) is 5.92 Å². The van der Waals surface area contributed by atoms with Gasteiger partial charge < -0.3 is 29.9 Å². The Kier molecular flexibility index (Phi) is 10.6. The van der Waals surface area contributed by atoms with Gasteiger partial charge in [0.05, 0.1) is 24.4 Å². The van der Waals surface area contributed by atoms with Crippen LogP contribution in [0.15, 0.2) is 72.8 Å². The summed E-state index contributed by atoms with van der Waals surface area (Å²) >= 11 is 6.04. The van der Waals surface area contributed by atoms with E-state index in [1.807, 2.05) is 31.2 Å². The molecule has 2 heterocycles. The van der Waals surface area contributed by atoms with Crippen LogP contribution < -0.4 is 5.32 Å². The van der Waals surface area contributed by atoms with E-state index in [2.05, 4.69) is 10.2 Å². The third-order valence-corrected chi connectivity index (χ3v) is 9.73. The van der Waals surface area contributed by atoms with E-state index in [9.17, 15) is 37.0 Å². The molecule has 0 spiro atoms. The van der Waals surface area contributed by atoms with Crippen LogP contribution in [-0.2, 0) is 21.7 Å². The van der Waals surface area contributed by atoms with Crippen LogP contribution in [0.25, 0.3) is 0 Å². The Morgan fingerprint density at radius 1 is 0.880 bits per heavy atom. The summed E-state index contributed by atoms with van der Waals surface area (Å²) in [6, 6.07) is 20.5. The van der Waals surface area contributed by atoms with Gasteiger partial charge >= 0.3 is 0 Å². The molecule has 4 aromatic carbocycles. The predicted octanol–water partition coefficient (Wildman–Crippen LogP) is 7.56. The molecule has 264 valence electrons. The van der Waals surface area contributed by atoms with Crippen molar-refractivity contribution in [1.29, 1.82) is 0 Å². The zero-order valence-corrected chi connectivity index (χ0v) is 27.6. The molecule has 0 aromatic heterocycles. The first-order valence-corrected chi connectivity index (χ1v) is 16.4. The summed E-state index contributed by atoms with van der Waals surface area (Å²) in [5, 5.41) is 23.8. The van der Waals surface area contributed by atoms with Gasteiger partial charge in [-0.05, 0) is 53.8 Å². The lowest BCUT2D eigenvalue weighted by Gasteiger charge is -2.45. The quantitative estimate of drug-likeness (QED) is 0.0992. The molecule has 0 aliphatic carbocycles. The van der Waals surface area contributed by atoms with Crippen LogP contribution in [0.2, 0.25) is 5.02 Å². The number of aliphatic hydroxyl groups excluding tert-OH is 1. The van der Waals surface area contributed by atoms with E-state index in [0.717, 1.165) is 16.7 Å². The van der Waals surface area contributed by atoms with E-state index in [1.165, 1.54) is 18.2 Å². The summed E-state index contributed by atoms with van der Waals surface area (Å²) in [5.74, 6) is -13.0. The fraction of sp³-hybridized carbons (Fsp3) is 0.324. The van der Waals surface area contributed by atoms with Crippen molar-refractivity contribution < 1.29 is 46.4 Å². The van der Waals surface area contributed by atoms with E-state index in [-0.39, 0.29) is 24.3 Å². The second-order valence-corrected chi connectivity index (χ2v) is 13.1. The Balaban J connectivity index is 1.23. The maximum atomic E-state index is 14.3. The number of halogens is 6. The number of benzene rings is 4. The maximum Gasteiger partial charge on any atom is 0.261 e. The molecule has 3 N–H and O–H groups in total. The molecule has 6 rings (SSSR count). The van der Waals surface area contributed by atoms with Gasteiger partial charge in [0.15, 0.2) is 29.6 Å². The summed E-state index contributed by atoms with van der Waals surface area (Å²) in [5.41, 5.74) is 0.174. The standard InChI is InChI=1S/C37H34ClF5N2O5/c1-20-27(18-45-15-13-37(48,14-16-45)24-9-11-25(38)12-10-24)49-36(50-34(20)22-7-5-21(19-46)6-8-22)23-3-2-4-26(17-23)44-35(47)28-29(39)31(41)33(43)32(42)30(28)40/h2-12,17,20,27,34,36,46,48H,13-16,18-19H2,1H3,(H,44,47)/t20-,27+,34+,36+/m1/s1. The molecule has 50 heavy (non-hydrogen) atoms. The molecular formula is C37H34ClF5N2O5. The molecule has 0 bridgehead atoms. The Labute approximate surface area is 290 Å². The van der Waals surface area contributed by atoms with Crippen molar-refractivity contribution in [2.45, 2.75) is 50.5 Å². The fourth-order valence-corrected chi connectivity index (χ4v) is 6.62. The lowest BCUT2D eigenvalue weighted by Crippen LogP contribution is -2.49. The van der Waals surface area contributed by atoms with Crippen LogP contribution >= 0.6 is 11.6 Å². The highest BCUT2D eigenvalue weighted by Gasteiger charge is 2.41. The van der Waals surface area contributed by atoms with Crippen LogP contribution in [0.1, 0.15) is 64.8 Å². The number of hydrogen-bond donors (Lipinski definition) is 3. The number of carbonyl (C=O) groups excluding carboxylic acids is 1. The lowest BCUT2D eigenvalue weighted by atomic mass is 9.84. The van der Waals surface area contributed by atoms with Gasteiger partial charge in [-0.1, -0.05) is 67.1 Å². The molecule has 2 saturated heterocycles. The molecule has 0 unspecified atom stereocenters. The van der Waals surface area contributed by atoms with Crippen LogP contribution in [0, 0.1) is 35.0 Å². The normalized spacial score (nSPS) is 22.3. The average molecular weight is 717 g/mol. The van der Waals surface area contributed by atoms with Gasteiger partial charge in [-0.3, -0.25) is 4.79 Å².